The minimum atomic E-state index is -0.0806. The monoisotopic (exact) mass is 372 g/mol. The van der Waals surface area contributed by atoms with Crippen LogP contribution in [0.4, 0.5) is 0 Å². The Morgan fingerprint density at radius 2 is 2.30 bits per heavy atom. The third-order valence-electron chi connectivity index (χ3n) is 5.79. The quantitative estimate of drug-likeness (QED) is 0.628. The number of nitrogens with one attached hydrogen (secondary N) is 3. The summed E-state index contributed by atoms with van der Waals surface area (Å²) in [5, 5.41) is 15.9. The minimum absolute atomic E-state index is 0.00678. The molecule has 0 saturated carbocycles. The van der Waals surface area contributed by atoms with Gasteiger partial charge in [-0.25, -0.2) is 0 Å². The van der Waals surface area contributed by atoms with Gasteiger partial charge >= 0.3 is 0 Å². The van der Waals surface area contributed by atoms with Gasteiger partial charge in [-0.3, -0.25) is 19.9 Å². The minimum Gasteiger partial charge on any atom is -0.390 e. The van der Waals surface area contributed by atoms with Gasteiger partial charge < -0.3 is 10.4 Å². The van der Waals surface area contributed by atoms with Crippen molar-refractivity contribution < 1.29 is 14.7 Å². The SMILES string of the molecule is CCC1NC(c2ccc3c(c2)CC[C@H]3NC(=O)C2CCN=C(CO)C2)NO1. The van der Waals surface area contributed by atoms with Crippen LogP contribution >= 0.6 is 0 Å². The number of hydroxylamine groups is 1. The number of amides is 1. The summed E-state index contributed by atoms with van der Waals surface area (Å²) < 4.78 is 0. The summed E-state index contributed by atoms with van der Waals surface area (Å²) in [6, 6.07) is 6.52. The Kier molecular flexibility index (Phi) is 5.54. The van der Waals surface area contributed by atoms with E-state index in [1.165, 1.54) is 11.1 Å². The normalized spacial score (nSPS) is 30.1. The lowest BCUT2D eigenvalue weighted by atomic mass is 9.94. The molecule has 0 radical (unpaired) electrons. The first-order valence-electron chi connectivity index (χ1n) is 9.91. The first-order valence-corrected chi connectivity index (χ1v) is 9.91. The molecule has 1 aromatic carbocycles. The fraction of sp³-hybridized carbons (Fsp3) is 0.600. The van der Waals surface area contributed by atoms with E-state index in [4.69, 9.17) is 4.84 Å². The van der Waals surface area contributed by atoms with Crippen molar-refractivity contribution in [3.8, 4) is 0 Å². The molecular formula is C20H28N4O3. The van der Waals surface area contributed by atoms with Crippen LogP contribution in [0.15, 0.2) is 23.2 Å². The number of rotatable bonds is 5. The van der Waals surface area contributed by atoms with Crippen molar-refractivity contribution in [3.05, 3.63) is 34.9 Å². The number of aliphatic imine (C=N–C) groups is 1. The third-order valence-corrected chi connectivity index (χ3v) is 5.79. The van der Waals surface area contributed by atoms with Crippen LogP contribution in [-0.2, 0) is 16.1 Å². The standard InChI is InChI=1S/C20H28N4O3/c1-2-18-23-19(24-27-18)13-3-5-16-12(9-13)4-6-17(16)22-20(26)14-7-8-21-15(10-14)11-25/h3,5,9,14,17-19,23-25H,2,4,6-8,10-11H2,1H3,(H,22,26)/t14?,17-,18?,19?/m1/s1. The number of nitrogens with zero attached hydrogens (tertiary/aromatic N) is 1. The topological polar surface area (TPSA) is 95.0 Å². The average Bonchev–Trinajstić information content (AvgIpc) is 3.35. The molecule has 3 unspecified atom stereocenters. The van der Waals surface area contributed by atoms with Crippen LogP contribution in [0.5, 0.6) is 0 Å². The van der Waals surface area contributed by atoms with Crippen molar-refractivity contribution in [2.45, 2.75) is 57.5 Å². The Morgan fingerprint density at radius 1 is 1.41 bits per heavy atom. The number of carbonyl (C=O) groups is 1. The number of hydrogen-bond donors (Lipinski definition) is 4. The zero-order valence-electron chi connectivity index (χ0n) is 15.7. The van der Waals surface area contributed by atoms with Gasteiger partial charge in [-0.2, -0.15) is 5.48 Å². The zero-order chi connectivity index (χ0) is 18.8. The summed E-state index contributed by atoms with van der Waals surface area (Å²) in [6.07, 6.45) is 4.17. The predicted molar refractivity (Wildman–Crippen MR) is 102 cm³/mol. The Morgan fingerprint density at radius 3 is 3.07 bits per heavy atom. The number of fused-ring (bicyclic) bond motifs is 1. The second kappa shape index (κ2) is 8.06. The molecule has 146 valence electrons. The van der Waals surface area contributed by atoms with Gasteiger partial charge in [0.05, 0.1) is 12.6 Å². The summed E-state index contributed by atoms with van der Waals surface area (Å²) in [4.78, 5) is 22.5. The van der Waals surface area contributed by atoms with Gasteiger partial charge in [0.15, 0.2) is 0 Å². The van der Waals surface area contributed by atoms with Gasteiger partial charge in [0.1, 0.15) is 12.4 Å². The third kappa shape index (κ3) is 3.91. The molecule has 4 N–H and O–H groups in total. The van der Waals surface area contributed by atoms with E-state index < -0.39 is 0 Å². The molecule has 1 aromatic rings. The van der Waals surface area contributed by atoms with Crippen molar-refractivity contribution in [2.24, 2.45) is 10.9 Å². The smallest absolute Gasteiger partial charge is 0.224 e. The van der Waals surface area contributed by atoms with E-state index in [-0.39, 0.29) is 36.9 Å². The van der Waals surface area contributed by atoms with Gasteiger partial charge in [0.25, 0.3) is 0 Å². The summed E-state index contributed by atoms with van der Waals surface area (Å²) in [6.45, 7) is 2.66. The van der Waals surface area contributed by atoms with Gasteiger partial charge in [-0.15, -0.1) is 0 Å². The first-order chi connectivity index (χ1) is 13.2. The van der Waals surface area contributed by atoms with Crippen LogP contribution in [-0.4, -0.2) is 36.1 Å². The fourth-order valence-electron chi connectivity index (χ4n) is 4.19. The number of carbonyl (C=O) groups excluding carboxylic acids is 1. The number of hydrogen-bond acceptors (Lipinski definition) is 6. The molecule has 2 heterocycles. The van der Waals surface area contributed by atoms with E-state index in [2.05, 4.69) is 46.2 Å². The maximum atomic E-state index is 12.7. The average molecular weight is 372 g/mol. The molecule has 4 atom stereocenters. The summed E-state index contributed by atoms with van der Waals surface area (Å²) in [7, 11) is 0. The Bertz CT molecular complexity index is 736. The molecule has 7 heteroatoms. The maximum Gasteiger partial charge on any atom is 0.224 e. The molecule has 1 amide bonds. The zero-order valence-corrected chi connectivity index (χ0v) is 15.7. The Labute approximate surface area is 159 Å². The second-order valence-electron chi connectivity index (χ2n) is 7.59. The summed E-state index contributed by atoms with van der Waals surface area (Å²) >= 11 is 0. The number of aliphatic hydroxyl groups excluding tert-OH is 1. The lowest BCUT2D eigenvalue weighted by molar-refractivity contribution is -0.125. The van der Waals surface area contributed by atoms with Crippen LogP contribution in [0.25, 0.3) is 0 Å². The fourth-order valence-corrected chi connectivity index (χ4v) is 4.19. The van der Waals surface area contributed by atoms with E-state index in [0.29, 0.717) is 13.0 Å². The molecule has 7 nitrogen and oxygen atoms in total. The second-order valence-corrected chi connectivity index (χ2v) is 7.59. The van der Waals surface area contributed by atoms with Crippen molar-refractivity contribution in [1.29, 1.82) is 0 Å². The van der Waals surface area contributed by atoms with Crippen LogP contribution < -0.4 is 16.1 Å². The van der Waals surface area contributed by atoms with Crippen LogP contribution in [0.3, 0.4) is 0 Å². The van der Waals surface area contributed by atoms with E-state index >= 15 is 0 Å². The highest BCUT2D eigenvalue weighted by Gasteiger charge is 2.30. The molecule has 0 spiro atoms. The van der Waals surface area contributed by atoms with Crippen molar-refractivity contribution >= 4 is 11.6 Å². The number of benzene rings is 1. The highest BCUT2D eigenvalue weighted by Crippen LogP contribution is 2.34. The lowest BCUT2D eigenvalue weighted by Crippen LogP contribution is -2.36. The molecule has 4 rings (SSSR count). The van der Waals surface area contributed by atoms with Crippen molar-refractivity contribution in [1.82, 2.24) is 16.1 Å². The largest absolute Gasteiger partial charge is 0.390 e. The van der Waals surface area contributed by atoms with E-state index in [0.717, 1.165) is 37.0 Å². The van der Waals surface area contributed by atoms with Crippen LogP contribution in [0, 0.1) is 5.92 Å². The first kappa shape index (κ1) is 18.6. The maximum absolute atomic E-state index is 12.7. The van der Waals surface area contributed by atoms with Gasteiger partial charge in [-0.1, -0.05) is 25.1 Å². The Balaban J connectivity index is 1.40. The highest BCUT2D eigenvalue weighted by molar-refractivity contribution is 5.91. The van der Waals surface area contributed by atoms with Gasteiger partial charge in [0, 0.05) is 18.2 Å². The molecule has 2 aliphatic heterocycles. The predicted octanol–water partition coefficient (Wildman–Crippen LogP) is 1.49. The van der Waals surface area contributed by atoms with Crippen LogP contribution in [0.2, 0.25) is 0 Å². The molecule has 27 heavy (non-hydrogen) atoms. The highest BCUT2D eigenvalue weighted by atomic mass is 16.7. The van der Waals surface area contributed by atoms with Gasteiger partial charge in [-0.05, 0) is 48.8 Å². The van der Waals surface area contributed by atoms with E-state index in [1.54, 1.807) is 0 Å². The van der Waals surface area contributed by atoms with E-state index in [9.17, 15) is 9.90 Å². The van der Waals surface area contributed by atoms with Gasteiger partial charge in [0.2, 0.25) is 5.91 Å². The molecule has 1 saturated heterocycles. The number of aryl methyl sites for hydroxylation is 1. The summed E-state index contributed by atoms with van der Waals surface area (Å²) in [5.41, 5.74) is 7.45. The number of aliphatic hydroxyl groups is 1. The van der Waals surface area contributed by atoms with Crippen molar-refractivity contribution in [3.63, 3.8) is 0 Å². The molecular weight excluding hydrogens is 344 g/mol. The molecule has 0 aromatic heterocycles. The molecule has 0 bridgehead atoms. The Hall–Kier alpha value is -1.80. The lowest BCUT2D eigenvalue weighted by Gasteiger charge is -2.23. The molecule has 3 aliphatic rings. The molecule has 1 fully saturated rings. The molecule has 1 aliphatic carbocycles. The van der Waals surface area contributed by atoms with Crippen LogP contribution in [0.1, 0.15) is 61.5 Å². The van der Waals surface area contributed by atoms with Crippen molar-refractivity contribution in [2.75, 3.05) is 13.2 Å². The van der Waals surface area contributed by atoms with E-state index in [1.807, 2.05) is 0 Å². The summed E-state index contributed by atoms with van der Waals surface area (Å²) in [5.74, 6) is -0.000853.